The van der Waals surface area contributed by atoms with Crippen LogP contribution in [-0.2, 0) is 23.9 Å². The van der Waals surface area contributed by atoms with Crippen molar-refractivity contribution in [3.05, 3.63) is 0 Å². The van der Waals surface area contributed by atoms with Gasteiger partial charge in [0.2, 0.25) is 0 Å². The van der Waals surface area contributed by atoms with Gasteiger partial charge in [0.25, 0.3) is 0 Å². The van der Waals surface area contributed by atoms with Crippen molar-refractivity contribution in [3.8, 4) is 0 Å². The summed E-state index contributed by atoms with van der Waals surface area (Å²) >= 11 is 0. The molecule has 7 nitrogen and oxygen atoms in total. The van der Waals surface area contributed by atoms with E-state index in [9.17, 15) is 29.4 Å². The highest BCUT2D eigenvalue weighted by Crippen LogP contribution is 2.50. The van der Waals surface area contributed by atoms with Gasteiger partial charge in [-0.3, -0.25) is 19.2 Å². The van der Waals surface area contributed by atoms with Crippen LogP contribution < -0.4 is 0 Å². The summed E-state index contributed by atoms with van der Waals surface area (Å²) in [4.78, 5) is 47.6. The third-order valence-electron chi connectivity index (χ3n) is 6.45. The van der Waals surface area contributed by atoms with Gasteiger partial charge in [-0.2, -0.15) is 0 Å². The van der Waals surface area contributed by atoms with Crippen LogP contribution in [0.25, 0.3) is 0 Å². The molecule has 0 aromatic carbocycles. The zero-order valence-electron chi connectivity index (χ0n) is 15.1. The number of carbonyl (C=O) groups is 4. The number of ether oxygens (including phenoxy) is 1. The van der Waals surface area contributed by atoms with Crippen LogP contribution in [-0.4, -0.2) is 34.1 Å². The second kappa shape index (κ2) is 6.42. The minimum atomic E-state index is -0.951. The van der Waals surface area contributed by atoms with Crippen LogP contribution in [0, 0.1) is 34.5 Å². The molecule has 2 N–H and O–H groups in total. The maximum Gasteiger partial charge on any atom is 0.317 e. The second-order valence-corrected chi connectivity index (χ2v) is 8.42. The lowest BCUT2D eigenvalue weighted by Gasteiger charge is -2.31. The number of carboxylic acids is 2. The lowest BCUT2D eigenvalue weighted by molar-refractivity contribution is -0.170. The highest BCUT2D eigenvalue weighted by Gasteiger charge is 2.54. The summed E-state index contributed by atoms with van der Waals surface area (Å²) < 4.78 is 5.08. The van der Waals surface area contributed by atoms with E-state index in [-0.39, 0.29) is 0 Å². The average molecular weight is 354 g/mol. The second-order valence-electron chi connectivity index (χ2n) is 8.42. The predicted molar refractivity (Wildman–Crippen MR) is 86.4 cm³/mol. The van der Waals surface area contributed by atoms with E-state index in [0.29, 0.717) is 25.7 Å². The third-order valence-corrected chi connectivity index (χ3v) is 6.45. The fourth-order valence-corrected chi connectivity index (χ4v) is 4.61. The lowest BCUT2D eigenvalue weighted by atomic mass is 9.75. The molecule has 0 aromatic rings. The van der Waals surface area contributed by atoms with Crippen molar-refractivity contribution in [1.82, 2.24) is 0 Å². The fraction of sp³-hybridized carbons (Fsp3) is 0.778. The summed E-state index contributed by atoms with van der Waals surface area (Å²) in [6.45, 7) is 6.81. The number of carboxylic acid groups (broad SMARTS) is 2. The summed E-state index contributed by atoms with van der Waals surface area (Å²) in [6.07, 6.45) is 1.46. The first kappa shape index (κ1) is 19.4. The number of rotatable bonds is 4. The molecule has 2 fully saturated rings. The van der Waals surface area contributed by atoms with Gasteiger partial charge in [-0.1, -0.05) is 27.7 Å². The molecule has 2 rings (SSSR count). The van der Waals surface area contributed by atoms with E-state index in [1.165, 1.54) is 0 Å². The van der Waals surface area contributed by atoms with E-state index in [1.807, 2.05) is 0 Å². The molecule has 7 heteroatoms. The van der Waals surface area contributed by atoms with Crippen LogP contribution in [0.5, 0.6) is 0 Å². The standard InChI is InChI=1S/C18H26O7/c1-17(2)9(13(19)20)5-7-11(17)15(23)25-16(24)12-8-6-10(14(21)22)18(12,3)4/h9-12H,5-8H2,1-4H3,(H,19,20)(H,21,22). The highest BCUT2D eigenvalue weighted by atomic mass is 16.6. The summed E-state index contributed by atoms with van der Waals surface area (Å²) in [5.41, 5.74) is -1.59. The van der Waals surface area contributed by atoms with Gasteiger partial charge in [-0.25, -0.2) is 0 Å². The Kier molecular flexibility index (Phi) is 4.99. The van der Waals surface area contributed by atoms with Crippen LogP contribution in [0.1, 0.15) is 53.4 Å². The molecule has 4 unspecified atom stereocenters. The monoisotopic (exact) mass is 354 g/mol. The molecule has 140 valence electrons. The molecule has 2 aliphatic carbocycles. The van der Waals surface area contributed by atoms with Crippen molar-refractivity contribution < 1.29 is 34.1 Å². The van der Waals surface area contributed by atoms with Gasteiger partial charge in [-0.15, -0.1) is 0 Å². The molecule has 0 amide bonds. The molecule has 0 bridgehead atoms. The minimum Gasteiger partial charge on any atom is -0.481 e. The zero-order chi connectivity index (χ0) is 19.2. The summed E-state index contributed by atoms with van der Waals surface area (Å²) in [6, 6.07) is 0. The molecule has 4 atom stereocenters. The number of hydrogen-bond acceptors (Lipinski definition) is 5. The Balaban J connectivity index is 2.08. The first-order valence-electron chi connectivity index (χ1n) is 8.61. The van der Waals surface area contributed by atoms with E-state index in [2.05, 4.69) is 0 Å². The predicted octanol–water partition coefficient (Wildman–Crippen LogP) is 2.33. The van der Waals surface area contributed by atoms with Gasteiger partial charge >= 0.3 is 23.9 Å². The molecule has 0 aromatic heterocycles. The first-order valence-corrected chi connectivity index (χ1v) is 8.61. The molecule has 25 heavy (non-hydrogen) atoms. The summed E-state index contributed by atoms with van der Waals surface area (Å²) in [7, 11) is 0. The molecular formula is C18H26O7. The smallest absolute Gasteiger partial charge is 0.317 e. The molecule has 0 saturated heterocycles. The molecule has 0 spiro atoms. The average Bonchev–Trinajstić information content (AvgIpc) is 2.93. The minimum absolute atomic E-state index is 0.363. The van der Waals surface area contributed by atoms with Crippen molar-refractivity contribution in [2.75, 3.05) is 0 Å². The van der Waals surface area contributed by atoms with E-state index >= 15 is 0 Å². The van der Waals surface area contributed by atoms with Gasteiger partial charge in [0.05, 0.1) is 23.7 Å². The van der Waals surface area contributed by atoms with Crippen LogP contribution in [0.2, 0.25) is 0 Å². The normalized spacial score (nSPS) is 33.0. The van der Waals surface area contributed by atoms with Crippen molar-refractivity contribution in [2.24, 2.45) is 34.5 Å². The van der Waals surface area contributed by atoms with Crippen molar-refractivity contribution >= 4 is 23.9 Å². The SMILES string of the molecule is CC1(C)C(C(=O)O)CCC1C(=O)OC(=O)C1CCC(C(=O)O)C1(C)C. The number of esters is 2. The van der Waals surface area contributed by atoms with Crippen LogP contribution in [0.4, 0.5) is 0 Å². The summed E-state index contributed by atoms with van der Waals surface area (Å²) in [5, 5.41) is 18.6. The largest absolute Gasteiger partial charge is 0.481 e. The Labute approximate surface area is 146 Å². The Hall–Kier alpha value is -1.92. The summed E-state index contributed by atoms with van der Waals surface area (Å²) in [5.74, 6) is -5.92. The van der Waals surface area contributed by atoms with Gasteiger partial charge in [-0.05, 0) is 36.5 Å². The zero-order valence-corrected chi connectivity index (χ0v) is 15.1. The van der Waals surface area contributed by atoms with E-state index in [1.54, 1.807) is 27.7 Å². The number of aliphatic carboxylic acids is 2. The quantitative estimate of drug-likeness (QED) is 0.587. The van der Waals surface area contributed by atoms with Crippen LogP contribution in [0.15, 0.2) is 0 Å². The maximum atomic E-state index is 12.5. The molecule has 0 heterocycles. The van der Waals surface area contributed by atoms with Gasteiger partial charge in [0, 0.05) is 0 Å². The Bertz CT molecular complexity index is 553. The number of carbonyl (C=O) groups excluding carboxylic acids is 2. The maximum absolute atomic E-state index is 12.5. The Morgan fingerprint density at radius 3 is 1.20 bits per heavy atom. The van der Waals surface area contributed by atoms with Crippen molar-refractivity contribution in [2.45, 2.75) is 53.4 Å². The molecule has 2 aliphatic rings. The topological polar surface area (TPSA) is 118 Å². The van der Waals surface area contributed by atoms with E-state index in [4.69, 9.17) is 4.74 Å². The lowest BCUT2D eigenvalue weighted by Crippen LogP contribution is -2.39. The Morgan fingerprint density at radius 1 is 0.680 bits per heavy atom. The fourth-order valence-electron chi connectivity index (χ4n) is 4.61. The molecule has 0 aliphatic heterocycles. The van der Waals surface area contributed by atoms with E-state index < -0.39 is 58.4 Å². The number of hydrogen-bond donors (Lipinski definition) is 2. The molecular weight excluding hydrogens is 328 g/mol. The van der Waals surface area contributed by atoms with Crippen molar-refractivity contribution in [3.63, 3.8) is 0 Å². The first-order chi connectivity index (χ1) is 11.4. The van der Waals surface area contributed by atoms with E-state index in [0.717, 1.165) is 0 Å². The van der Waals surface area contributed by atoms with Gasteiger partial charge in [0.1, 0.15) is 0 Å². The molecule has 2 saturated carbocycles. The van der Waals surface area contributed by atoms with Gasteiger partial charge in [0.15, 0.2) is 0 Å². The van der Waals surface area contributed by atoms with Crippen LogP contribution >= 0.6 is 0 Å². The van der Waals surface area contributed by atoms with Crippen molar-refractivity contribution in [1.29, 1.82) is 0 Å². The highest BCUT2D eigenvalue weighted by molar-refractivity contribution is 5.90. The molecule has 0 radical (unpaired) electrons. The third kappa shape index (κ3) is 3.28. The van der Waals surface area contributed by atoms with Gasteiger partial charge < -0.3 is 14.9 Å². The Morgan fingerprint density at radius 2 is 0.960 bits per heavy atom. The van der Waals surface area contributed by atoms with Crippen LogP contribution in [0.3, 0.4) is 0 Å².